The predicted molar refractivity (Wildman–Crippen MR) is 85.3 cm³/mol. The smallest absolute Gasteiger partial charge is 0.286 e. The number of carbonyl (C=O) groups excluding carboxylic acids is 1. The summed E-state index contributed by atoms with van der Waals surface area (Å²) >= 11 is 0. The topological polar surface area (TPSA) is 68.9 Å². The van der Waals surface area contributed by atoms with Gasteiger partial charge in [-0.15, -0.1) is 0 Å². The van der Waals surface area contributed by atoms with E-state index in [1.54, 1.807) is 0 Å². The number of hydrogen-bond donors (Lipinski definition) is 1. The maximum absolute atomic E-state index is 11.4. The second-order valence-corrected chi connectivity index (χ2v) is 5.54. The lowest BCUT2D eigenvalue weighted by molar-refractivity contribution is 0.0990. The summed E-state index contributed by atoms with van der Waals surface area (Å²) < 4.78 is 0. The van der Waals surface area contributed by atoms with Crippen molar-refractivity contribution in [2.24, 2.45) is 5.73 Å². The maximum atomic E-state index is 11.4. The number of fused-ring (bicyclic) bond motifs is 1. The van der Waals surface area contributed by atoms with Crippen LogP contribution >= 0.6 is 0 Å². The molecule has 0 spiro atoms. The molecule has 4 heteroatoms. The van der Waals surface area contributed by atoms with Gasteiger partial charge in [-0.05, 0) is 31.9 Å². The summed E-state index contributed by atoms with van der Waals surface area (Å²) in [5.74, 6) is -0.445. The molecule has 21 heavy (non-hydrogen) atoms. The molecule has 0 unspecified atom stereocenters. The van der Waals surface area contributed by atoms with Crippen molar-refractivity contribution in [1.29, 1.82) is 0 Å². The molecule has 0 atom stereocenters. The standard InChI is InChI=1S/C17H23N3O/c1-3-4-5-6-7-8-14-13-11-12(2)9-10-15(13)20-17(19-14)16(18)21/h9-11H,3-8H2,1-2H3,(H2,18,21). The lowest BCUT2D eigenvalue weighted by Crippen LogP contribution is -2.16. The molecule has 1 aromatic heterocycles. The van der Waals surface area contributed by atoms with Gasteiger partial charge in [-0.3, -0.25) is 4.79 Å². The molecule has 0 radical (unpaired) electrons. The van der Waals surface area contributed by atoms with E-state index >= 15 is 0 Å². The van der Waals surface area contributed by atoms with Gasteiger partial charge in [-0.2, -0.15) is 0 Å². The van der Waals surface area contributed by atoms with Crippen LogP contribution in [0.2, 0.25) is 0 Å². The van der Waals surface area contributed by atoms with Crippen LogP contribution in [0.25, 0.3) is 10.9 Å². The molecule has 1 aromatic carbocycles. The van der Waals surface area contributed by atoms with Crippen molar-refractivity contribution in [2.75, 3.05) is 0 Å². The number of benzene rings is 1. The van der Waals surface area contributed by atoms with Gasteiger partial charge in [-0.25, -0.2) is 9.97 Å². The zero-order valence-electron chi connectivity index (χ0n) is 12.9. The Morgan fingerprint density at radius 3 is 2.62 bits per heavy atom. The quantitative estimate of drug-likeness (QED) is 0.791. The first kappa shape index (κ1) is 15.4. The van der Waals surface area contributed by atoms with Gasteiger partial charge in [0.15, 0.2) is 0 Å². The molecule has 1 heterocycles. The number of amides is 1. The minimum Gasteiger partial charge on any atom is -0.363 e. The molecule has 2 rings (SSSR count). The molecule has 2 aromatic rings. The lowest BCUT2D eigenvalue weighted by Gasteiger charge is -2.08. The Bertz CT molecular complexity index is 637. The third-order valence-electron chi connectivity index (χ3n) is 3.67. The van der Waals surface area contributed by atoms with Gasteiger partial charge < -0.3 is 5.73 Å². The van der Waals surface area contributed by atoms with Crippen LogP contribution in [0.1, 0.15) is 60.9 Å². The summed E-state index contributed by atoms with van der Waals surface area (Å²) in [4.78, 5) is 20.0. The van der Waals surface area contributed by atoms with E-state index in [9.17, 15) is 4.79 Å². The summed E-state index contributed by atoms with van der Waals surface area (Å²) in [6.45, 7) is 4.26. The Hall–Kier alpha value is -1.97. The zero-order valence-corrected chi connectivity index (χ0v) is 12.9. The van der Waals surface area contributed by atoms with E-state index in [0.29, 0.717) is 0 Å². The Morgan fingerprint density at radius 2 is 1.90 bits per heavy atom. The molecule has 0 saturated carbocycles. The number of carbonyl (C=O) groups is 1. The van der Waals surface area contributed by atoms with Crippen molar-refractivity contribution in [3.63, 3.8) is 0 Å². The van der Waals surface area contributed by atoms with Gasteiger partial charge in [-0.1, -0.05) is 44.2 Å². The average Bonchev–Trinajstić information content (AvgIpc) is 2.46. The van der Waals surface area contributed by atoms with Crippen LogP contribution in [0.15, 0.2) is 18.2 Å². The summed E-state index contributed by atoms with van der Waals surface area (Å²) in [6.07, 6.45) is 6.90. The van der Waals surface area contributed by atoms with Crippen LogP contribution < -0.4 is 5.73 Å². The molecular weight excluding hydrogens is 262 g/mol. The number of aromatic nitrogens is 2. The lowest BCUT2D eigenvalue weighted by atomic mass is 10.0. The summed E-state index contributed by atoms with van der Waals surface area (Å²) in [7, 11) is 0. The van der Waals surface area contributed by atoms with Crippen molar-refractivity contribution >= 4 is 16.8 Å². The maximum Gasteiger partial charge on any atom is 0.286 e. The van der Waals surface area contributed by atoms with Crippen molar-refractivity contribution in [3.05, 3.63) is 35.3 Å². The number of rotatable bonds is 7. The van der Waals surface area contributed by atoms with E-state index in [-0.39, 0.29) is 5.82 Å². The zero-order chi connectivity index (χ0) is 15.2. The molecule has 0 aliphatic rings. The highest BCUT2D eigenvalue weighted by atomic mass is 16.1. The first-order chi connectivity index (χ1) is 10.1. The number of nitrogens with zero attached hydrogens (tertiary/aromatic N) is 2. The minimum absolute atomic E-state index is 0.120. The second-order valence-electron chi connectivity index (χ2n) is 5.54. The monoisotopic (exact) mass is 285 g/mol. The Kier molecular flexibility index (Phi) is 5.26. The molecule has 0 aliphatic heterocycles. The fraction of sp³-hybridized carbons (Fsp3) is 0.471. The first-order valence-corrected chi connectivity index (χ1v) is 7.69. The predicted octanol–water partition coefficient (Wildman–Crippen LogP) is 3.55. The molecule has 0 saturated heterocycles. The Morgan fingerprint density at radius 1 is 1.14 bits per heavy atom. The van der Waals surface area contributed by atoms with Crippen LogP contribution in [-0.4, -0.2) is 15.9 Å². The van der Waals surface area contributed by atoms with Gasteiger partial charge in [0.25, 0.3) is 5.91 Å². The van der Waals surface area contributed by atoms with Crippen molar-refractivity contribution < 1.29 is 4.79 Å². The first-order valence-electron chi connectivity index (χ1n) is 7.69. The van der Waals surface area contributed by atoms with E-state index in [1.807, 2.05) is 19.1 Å². The largest absolute Gasteiger partial charge is 0.363 e. The molecule has 0 bridgehead atoms. The molecule has 2 N–H and O–H groups in total. The van der Waals surface area contributed by atoms with Gasteiger partial charge in [0.2, 0.25) is 5.82 Å². The number of unbranched alkanes of at least 4 members (excludes halogenated alkanes) is 4. The van der Waals surface area contributed by atoms with Crippen LogP contribution in [-0.2, 0) is 6.42 Å². The van der Waals surface area contributed by atoms with Crippen molar-refractivity contribution in [2.45, 2.75) is 52.4 Å². The summed E-state index contributed by atoms with van der Waals surface area (Å²) in [5.41, 5.74) is 8.24. The third-order valence-corrected chi connectivity index (χ3v) is 3.67. The number of hydrogen-bond acceptors (Lipinski definition) is 3. The van der Waals surface area contributed by atoms with E-state index in [4.69, 9.17) is 5.73 Å². The Balaban J connectivity index is 2.26. The summed E-state index contributed by atoms with van der Waals surface area (Å²) in [6, 6.07) is 6.01. The van der Waals surface area contributed by atoms with Gasteiger partial charge in [0, 0.05) is 5.39 Å². The number of nitrogens with two attached hydrogens (primary N) is 1. The minimum atomic E-state index is -0.565. The molecule has 0 fully saturated rings. The van der Waals surface area contributed by atoms with E-state index in [0.717, 1.165) is 29.4 Å². The SMILES string of the molecule is CCCCCCCc1nc(C(N)=O)nc2ccc(C)cc12. The van der Waals surface area contributed by atoms with E-state index in [2.05, 4.69) is 23.0 Å². The highest BCUT2D eigenvalue weighted by Crippen LogP contribution is 2.20. The van der Waals surface area contributed by atoms with Gasteiger partial charge in [0.05, 0.1) is 11.2 Å². The van der Waals surface area contributed by atoms with Crippen LogP contribution in [0.5, 0.6) is 0 Å². The number of primary amides is 1. The second kappa shape index (κ2) is 7.16. The van der Waals surface area contributed by atoms with Crippen LogP contribution in [0, 0.1) is 6.92 Å². The molecule has 112 valence electrons. The normalized spacial score (nSPS) is 11.0. The van der Waals surface area contributed by atoms with Crippen molar-refractivity contribution in [3.8, 4) is 0 Å². The number of aryl methyl sites for hydroxylation is 2. The van der Waals surface area contributed by atoms with Gasteiger partial charge in [0.1, 0.15) is 0 Å². The highest BCUT2D eigenvalue weighted by Gasteiger charge is 2.11. The van der Waals surface area contributed by atoms with Crippen LogP contribution in [0.3, 0.4) is 0 Å². The van der Waals surface area contributed by atoms with Crippen LogP contribution in [0.4, 0.5) is 0 Å². The molecule has 4 nitrogen and oxygen atoms in total. The molecule has 1 amide bonds. The highest BCUT2D eigenvalue weighted by molar-refractivity contribution is 5.92. The fourth-order valence-electron chi connectivity index (χ4n) is 2.50. The van der Waals surface area contributed by atoms with E-state index in [1.165, 1.54) is 31.2 Å². The molecular formula is C17H23N3O. The average molecular weight is 285 g/mol. The Labute approximate surface area is 125 Å². The fourth-order valence-corrected chi connectivity index (χ4v) is 2.50. The van der Waals surface area contributed by atoms with Gasteiger partial charge >= 0.3 is 0 Å². The molecule has 0 aliphatic carbocycles. The third kappa shape index (κ3) is 4.00. The van der Waals surface area contributed by atoms with Crippen molar-refractivity contribution in [1.82, 2.24) is 9.97 Å². The summed E-state index contributed by atoms with van der Waals surface area (Å²) in [5, 5.41) is 1.04. The van der Waals surface area contributed by atoms with E-state index < -0.39 is 5.91 Å².